The fraction of sp³-hybridized carbons (Fsp3) is 0.875. The van der Waals surface area contributed by atoms with Crippen LogP contribution >= 0.6 is 11.8 Å². The van der Waals surface area contributed by atoms with Crippen LogP contribution in [-0.4, -0.2) is 60.6 Å². The van der Waals surface area contributed by atoms with E-state index in [4.69, 9.17) is 5.73 Å². The third-order valence-electron chi connectivity index (χ3n) is 4.11. The number of carbonyl (C=O) groups is 2. The average molecular weight is 345 g/mol. The lowest BCUT2D eigenvalue weighted by Gasteiger charge is -2.36. The summed E-state index contributed by atoms with van der Waals surface area (Å²) in [5.74, 6) is 2.05. The van der Waals surface area contributed by atoms with Gasteiger partial charge >= 0.3 is 6.03 Å². The van der Waals surface area contributed by atoms with E-state index in [9.17, 15) is 9.59 Å². The number of urea groups is 1. The molecule has 1 aliphatic rings. The van der Waals surface area contributed by atoms with Crippen LogP contribution < -0.4 is 16.4 Å². The number of thioether (sulfide) groups is 1. The largest absolute Gasteiger partial charge is 0.352 e. The van der Waals surface area contributed by atoms with Crippen molar-refractivity contribution >= 4 is 23.7 Å². The van der Waals surface area contributed by atoms with Gasteiger partial charge in [0.15, 0.2) is 0 Å². The van der Waals surface area contributed by atoms with Gasteiger partial charge in [0.25, 0.3) is 0 Å². The van der Waals surface area contributed by atoms with Gasteiger partial charge in [0.05, 0.1) is 0 Å². The Morgan fingerprint density at radius 3 is 2.39 bits per heavy atom. The molecule has 0 aromatic heterocycles. The van der Waals surface area contributed by atoms with E-state index in [1.54, 1.807) is 11.8 Å². The highest BCUT2D eigenvalue weighted by molar-refractivity contribution is 7.98. The standard InChI is InChI=1S/C16H32N4O2S/c1-11-7-12(2)9-20(8-11)10-13(3)18-15(21)14(5-6-23-4)19-16(17)22/h11-14H,5-10H2,1-4H3,(H,18,21)(H3,17,19,22). The number of piperidine rings is 1. The Balaban J connectivity index is 2.47. The van der Waals surface area contributed by atoms with Crippen LogP contribution in [0.1, 0.15) is 33.6 Å². The number of carbonyl (C=O) groups excluding carboxylic acids is 2. The maximum atomic E-state index is 12.4. The van der Waals surface area contributed by atoms with Crippen molar-refractivity contribution < 1.29 is 9.59 Å². The van der Waals surface area contributed by atoms with E-state index in [2.05, 4.69) is 29.4 Å². The summed E-state index contributed by atoms with van der Waals surface area (Å²) in [5.41, 5.74) is 5.17. The average Bonchev–Trinajstić information content (AvgIpc) is 2.41. The molecule has 1 fully saturated rings. The molecule has 4 atom stereocenters. The van der Waals surface area contributed by atoms with Crippen molar-refractivity contribution in [2.45, 2.75) is 45.7 Å². The molecule has 1 saturated heterocycles. The highest BCUT2D eigenvalue weighted by Gasteiger charge is 2.25. The van der Waals surface area contributed by atoms with Crippen LogP contribution in [0.2, 0.25) is 0 Å². The molecule has 134 valence electrons. The van der Waals surface area contributed by atoms with Gasteiger partial charge in [0.1, 0.15) is 6.04 Å². The molecule has 23 heavy (non-hydrogen) atoms. The molecule has 0 aliphatic carbocycles. The number of nitrogens with one attached hydrogen (secondary N) is 2. The molecule has 0 saturated carbocycles. The zero-order valence-corrected chi connectivity index (χ0v) is 15.6. The molecule has 7 heteroatoms. The number of hydrogen-bond acceptors (Lipinski definition) is 4. The normalized spacial score (nSPS) is 24.7. The number of primary amides is 1. The van der Waals surface area contributed by atoms with E-state index in [0.29, 0.717) is 18.3 Å². The van der Waals surface area contributed by atoms with Gasteiger partial charge in [-0.3, -0.25) is 4.79 Å². The van der Waals surface area contributed by atoms with E-state index >= 15 is 0 Å². The molecular weight excluding hydrogens is 312 g/mol. The summed E-state index contributed by atoms with van der Waals surface area (Å²) >= 11 is 1.64. The van der Waals surface area contributed by atoms with Crippen molar-refractivity contribution in [1.82, 2.24) is 15.5 Å². The molecule has 3 amide bonds. The Kier molecular flexibility index (Phi) is 8.76. The molecule has 4 N–H and O–H groups in total. The maximum Gasteiger partial charge on any atom is 0.312 e. The summed E-state index contributed by atoms with van der Waals surface area (Å²) in [6, 6.07) is -1.16. The van der Waals surface area contributed by atoms with Crippen molar-refractivity contribution in [3.63, 3.8) is 0 Å². The second kappa shape index (κ2) is 10.0. The van der Waals surface area contributed by atoms with Crippen molar-refractivity contribution in [2.75, 3.05) is 31.6 Å². The summed E-state index contributed by atoms with van der Waals surface area (Å²) in [6.45, 7) is 9.58. The van der Waals surface area contributed by atoms with Crippen LogP contribution in [0, 0.1) is 11.8 Å². The van der Waals surface area contributed by atoms with Gasteiger partial charge < -0.3 is 21.3 Å². The summed E-state index contributed by atoms with van der Waals surface area (Å²) in [4.78, 5) is 25.8. The predicted octanol–water partition coefficient (Wildman–Crippen LogP) is 1.26. The molecule has 4 unspecified atom stereocenters. The Bertz CT molecular complexity index is 384. The molecule has 0 bridgehead atoms. The molecule has 0 aromatic rings. The first kappa shape index (κ1) is 20.1. The summed E-state index contributed by atoms with van der Waals surface area (Å²) in [7, 11) is 0. The van der Waals surface area contributed by atoms with E-state index in [-0.39, 0.29) is 11.9 Å². The molecule has 0 aromatic carbocycles. The Morgan fingerprint density at radius 2 is 1.87 bits per heavy atom. The highest BCUT2D eigenvalue weighted by atomic mass is 32.2. The minimum Gasteiger partial charge on any atom is -0.352 e. The van der Waals surface area contributed by atoms with Crippen LogP contribution in [0.4, 0.5) is 4.79 Å². The number of amides is 3. The first-order chi connectivity index (χ1) is 10.8. The van der Waals surface area contributed by atoms with Crippen molar-refractivity contribution in [3.05, 3.63) is 0 Å². The minimum absolute atomic E-state index is 0.0476. The van der Waals surface area contributed by atoms with Gasteiger partial charge in [-0.25, -0.2) is 4.79 Å². The van der Waals surface area contributed by atoms with Gasteiger partial charge in [0.2, 0.25) is 5.91 Å². The zero-order chi connectivity index (χ0) is 17.4. The quantitative estimate of drug-likeness (QED) is 0.618. The summed E-state index contributed by atoms with van der Waals surface area (Å²) < 4.78 is 0. The Hall–Kier alpha value is -0.950. The lowest BCUT2D eigenvalue weighted by atomic mass is 9.92. The topological polar surface area (TPSA) is 87.5 Å². The smallest absolute Gasteiger partial charge is 0.312 e. The zero-order valence-electron chi connectivity index (χ0n) is 14.8. The van der Waals surface area contributed by atoms with Crippen LogP contribution in [0.5, 0.6) is 0 Å². The van der Waals surface area contributed by atoms with Crippen LogP contribution in [0.15, 0.2) is 0 Å². The predicted molar refractivity (Wildman–Crippen MR) is 96.5 cm³/mol. The lowest BCUT2D eigenvalue weighted by molar-refractivity contribution is -0.123. The first-order valence-corrected chi connectivity index (χ1v) is 9.78. The second-order valence-electron chi connectivity index (χ2n) is 6.92. The van der Waals surface area contributed by atoms with Crippen molar-refractivity contribution in [2.24, 2.45) is 17.6 Å². The molecule has 0 radical (unpaired) electrons. The van der Waals surface area contributed by atoms with E-state index in [1.165, 1.54) is 6.42 Å². The SMILES string of the molecule is CSCCC(NC(N)=O)C(=O)NC(C)CN1CC(C)CC(C)C1. The number of rotatable bonds is 8. The first-order valence-electron chi connectivity index (χ1n) is 8.39. The van der Waals surface area contributed by atoms with E-state index in [1.807, 2.05) is 13.2 Å². The fourth-order valence-electron chi connectivity index (χ4n) is 3.39. The minimum atomic E-state index is -0.655. The van der Waals surface area contributed by atoms with Crippen LogP contribution in [0.25, 0.3) is 0 Å². The third-order valence-corrected chi connectivity index (χ3v) is 4.75. The number of likely N-dealkylation sites (tertiary alicyclic amines) is 1. The third kappa shape index (κ3) is 7.92. The number of nitrogens with zero attached hydrogens (tertiary/aromatic N) is 1. The van der Waals surface area contributed by atoms with Gasteiger partial charge in [0, 0.05) is 25.7 Å². The Labute approximate surface area is 144 Å². The maximum absolute atomic E-state index is 12.4. The lowest BCUT2D eigenvalue weighted by Crippen LogP contribution is -2.53. The number of nitrogens with two attached hydrogens (primary N) is 1. The highest BCUT2D eigenvalue weighted by Crippen LogP contribution is 2.20. The van der Waals surface area contributed by atoms with E-state index < -0.39 is 12.1 Å². The molecule has 1 aliphatic heterocycles. The Morgan fingerprint density at radius 1 is 1.26 bits per heavy atom. The van der Waals surface area contributed by atoms with Crippen LogP contribution in [0.3, 0.4) is 0 Å². The number of hydrogen-bond donors (Lipinski definition) is 3. The molecule has 1 heterocycles. The van der Waals surface area contributed by atoms with Crippen molar-refractivity contribution in [1.29, 1.82) is 0 Å². The fourth-order valence-corrected chi connectivity index (χ4v) is 3.87. The summed E-state index contributed by atoms with van der Waals surface area (Å²) in [5, 5.41) is 5.55. The van der Waals surface area contributed by atoms with Crippen LogP contribution in [-0.2, 0) is 4.79 Å². The molecular formula is C16H32N4O2S. The molecule has 1 rings (SSSR count). The van der Waals surface area contributed by atoms with Gasteiger partial charge in [-0.05, 0) is 43.6 Å². The molecule has 6 nitrogen and oxygen atoms in total. The van der Waals surface area contributed by atoms with Crippen molar-refractivity contribution in [3.8, 4) is 0 Å². The van der Waals surface area contributed by atoms with E-state index in [0.717, 1.165) is 25.4 Å². The van der Waals surface area contributed by atoms with Gasteiger partial charge in [-0.15, -0.1) is 0 Å². The van der Waals surface area contributed by atoms with Gasteiger partial charge in [-0.1, -0.05) is 13.8 Å². The summed E-state index contributed by atoms with van der Waals surface area (Å²) in [6.07, 6.45) is 3.83. The molecule has 0 spiro atoms. The van der Waals surface area contributed by atoms with Gasteiger partial charge in [-0.2, -0.15) is 11.8 Å². The monoisotopic (exact) mass is 344 g/mol. The second-order valence-corrected chi connectivity index (χ2v) is 7.90.